The van der Waals surface area contributed by atoms with Crippen LogP contribution in [-0.4, -0.2) is 33.8 Å². The molecular weight excluding hydrogens is 358 g/mol. The van der Waals surface area contributed by atoms with Gasteiger partial charge < -0.3 is 20.4 Å². The van der Waals surface area contributed by atoms with Crippen LogP contribution in [0.3, 0.4) is 0 Å². The first-order chi connectivity index (χ1) is 13.7. The second-order valence-corrected chi connectivity index (χ2v) is 6.70. The van der Waals surface area contributed by atoms with Crippen molar-refractivity contribution in [2.24, 2.45) is 0 Å². The molecule has 2 amide bonds. The summed E-state index contributed by atoms with van der Waals surface area (Å²) >= 11 is 0. The van der Waals surface area contributed by atoms with E-state index in [1.54, 1.807) is 6.20 Å². The summed E-state index contributed by atoms with van der Waals surface area (Å²) in [5, 5.41) is 5.67. The minimum absolute atomic E-state index is 0.00292. The number of ether oxygens (including phenoxy) is 1. The van der Waals surface area contributed by atoms with Gasteiger partial charge >= 0.3 is 0 Å². The standard InChI is InChI=1S/C20H21N5O3/c1-2-7-21-20(27)15-9-22-19-18(15)25-17(10-23-19)28-13-5-3-12-4-6-16(24-11-26)14(12)8-13/h3,5,8-11,16H,2,4,6-7H2,1H3,(H,21,27)(H,22,23)(H,24,26)/t16-/m1/s1. The molecule has 1 aliphatic carbocycles. The number of H-pyrrole nitrogens is 1. The van der Waals surface area contributed by atoms with E-state index < -0.39 is 0 Å². The van der Waals surface area contributed by atoms with Crippen molar-refractivity contribution in [2.45, 2.75) is 32.2 Å². The van der Waals surface area contributed by atoms with Gasteiger partial charge in [-0.15, -0.1) is 0 Å². The number of carbonyl (C=O) groups is 2. The largest absolute Gasteiger partial charge is 0.437 e. The molecule has 2 heterocycles. The van der Waals surface area contributed by atoms with Crippen molar-refractivity contribution in [1.82, 2.24) is 25.6 Å². The number of nitrogens with one attached hydrogen (secondary N) is 3. The van der Waals surface area contributed by atoms with Crippen LogP contribution in [0.25, 0.3) is 11.2 Å². The molecule has 0 bridgehead atoms. The molecule has 8 heteroatoms. The zero-order valence-corrected chi connectivity index (χ0v) is 15.5. The lowest BCUT2D eigenvalue weighted by Gasteiger charge is -2.12. The first kappa shape index (κ1) is 18.0. The lowest BCUT2D eigenvalue weighted by Crippen LogP contribution is -2.23. The van der Waals surface area contributed by atoms with Crippen LogP contribution in [0.5, 0.6) is 11.6 Å². The molecule has 2 aromatic heterocycles. The molecule has 144 valence electrons. The molecule has 28 heavy (non-hydrogen) atoms. The van der Waals surface area contributed by atoms with E-state index in [2.05, 4.69) is 25.6 Å². The molecule has 0 saturated heterocycles. The lowest BCUT2D eigenvalue weighted by molar-refractivity contribution is -0.110. The SMILES string of the molecule is CCCNC(=O)c1c[nH]c2ncc(Oc3ccc4c(c3)[C@H](NC=O)CC4)nc12. The number of fused-ring (bicyclic) bond motifs is 2. The Morgan fingerprint density at radius 2 is 2.32 bits per heavy atom. The third-order valence-electron chi connectivity index (χ3n) is 4.83. The van der Waals surface area contributed by atoms with Crippen LogP contribution in [-0.2, 0) is 11.2 Å². The molecule has 0 fully saturated rings. The molecule has 1 aromatic carbocycles. The summed E-state index contributed by atoms with van der Waals surface area (Å²) in [6.07, 6.45) is 6.50. The van der Waals surface area contributed by atoms with Gasteiger partial charge in [-0.05, 0) is 42.5 Å². The van der Waals surface area contributed by atoms with Gasteiger partial charge in [0.1, 0.15) is 11.3 Å². The summed E-state index contributed by atoms with van der Waals surface area (Å²) in [7, 11) is 0. The molecule has 0 aliphatic heterocycles. The molecule has 0 radical (unpaired) electrons. The first-order valence-electron chi connectivity index (χ1n) is 9.32. The topological polar surface area (TPSA) is 109 Å². The van der Waals surface area contributed by atoms with E-state index in [-0.39, 0.29) is 11.9 Å². The van der Waals surface area contributed by atoms with Crippen LogP contribution in [0, 0.1) is 0 Å². The highest BCUT2D eigenvalue weighted by molar-refractivity contribution is 6.04. The van der Waals surface area contributed by atoms with Crippen LogP contribution in [0.4, 0.5) is 0 Å². The number of amides is 2. The van der Waals surface area contributed by atoms with Gasteiger partial charge in [0.05, 0.1) is 17.8 Å². The quantitative estimate of drug-likeness (QED) is 0.547. The smallest absolute Gasteiger partial charge is 0.255 e. The molecule has 1 aliphatic rings. The number of nitrogens with zero attached hydrogens (tertiary/aromatic N) is 2. The molecule has 8 nitrogen and oxygen atoms in total. The molecule has 0 spiro atoms. The van der Waals surface area contributed by atoms with E-state index in [0.29, 0.717) is 34.9 Å². The Labute approximate surface area is 161 Å². The summed E-state index contributed by atoms with van der Waals surface area (Å²) < 4.78 is 5.89. The highest BCUT2D eigenvalue weighted by Gasteiger charge is 2.22. The number of rotatable bonds is 7. The molecule has 1 atom stereocenters. The maximum absolute atomic E-state index is 12.3. The van der Waals surface area contributed by atoms with E-state index in [1.807, 2.05) is 25.1 Å². The molecule has 4 rings (SSSR count). The summed E-state index contributed by atoms with van der Waals surface area (Å²) in [6, 6.07) is 5.80. The molecule has 0 unspecified atom stereocenters. The fourth-order valence-electron chi connectivity index (χ4n) is 3.45. The van der Waals surface area contributed by atoms with Crippen LogP contribution >= 0.6 is 0 Å². The number of hydrogen-bond acceptors (Lipinski definition) is 5. The molecular formula is C20H21N5O3. The Hall–Kier alpha value is -3.42. The van der Waals surface area contributed by atoms with Gasteiger partial charge in [0.25, 0.3) is 5.91 Å². The Bertz CT molecular complexity index is 1030. The van der Waals surface area contributed by atoms with E-state index in [1.165, 1.54) is 11.8 Å². The molecule has 3 aromatic rings. The van der Waals surface area contributed by atoms with Gasteiger partial charge in [-0.2, -0.15) is 0 Å². The van der Waals surface area contributed by atoms with Crippen molar-refractivity contribution in [3.8, 4) is 11.6 Å². The maximum atomic E-state index is 12.3. The van der Waals surface area contributed by atoms with E-state index in [9.17, 15) is 9.59 Å². The number of aryl methyl sites for hydroxylation is 1. The second-order valence-electron chi connectivity index (χ2n) is 6.70. The summed E-state index contributed by atoms with van der Waals surface area (Å²) in [4.78, 5) is 34.8. The van der Waals surface area contributed by atoms with E-state index >= 15 is 0 Å². The molecule has 0 saturated carbocycles. The van der Waals surface area contributed by atoms with Gasteiger partial charge in [0.15, 0.2) is 5.65 Å². The van der Waals surface area contributed by atoms with Gasteiger partial charge in [0.2, 0.25) is 12.3 Å². The van der Waals surface area contributed by atoms with Crippen LogP contribution in [0.1, 0.15) is 47.3 Å². The Kier molecular flexibility index (Phi) is 4.92. The van der Waals surface area contributed by atoms with Gasteiger partial charge in [0, 0.05) is 12.7 Å². The Morgan fingerprint density at radius 3 is 3.14 bits per heavy atom. The van der Waals surface area contributed by atoms with Crippen molar-refractivity contribution >= 4 is 23.5 Å². The van der Waals surface area contributed by atoms with Crippen molar-refractivity contribution in [3.63, 3.8) is 0 Å². The second kappa shape index (κ2) is 7.67. The predicted molar refractivity (Wildman–Crippen MR) is 103 cm³/mol. The van der Waals surface area contributed by atoms with Crippen molar-refractivity contribution in [3.05, 3.63) is 47.3 Å². The fraction of sp³-hybridized carbons (Fsp3) is 0.300. The lowest BCUT2D eigenvalue weighted by atomic mass is 10.1. The normalized spacial score (nSPS) is 15.2. The highest BCUT2D eigenvalue weighted by atomic mass is 16.5. The number of benzene rings is 1. The van der Waals surface area contributed by atoms with Gasteiger partial charge in [-0.3, -0.25) is 9.59 Å². The number of hydrogen-bond donors (Lipinski definition) is 3. The minimum atomic E-state index is -0.195. The van der Waals surface area contributed by atoms with Crippen LogP contribution in [0.2, 0.25) is 0 Å². The first-order valence-corrected chi connectivity index (χ1v) is 9.32. The average Bonchev–Trinajstić information content (AvgIpc) is 3.30. The molecule has 3 N–H and O–H groups in total. The predicted octanol–water partition coefficient (Wildman–Crippen LogP) is 2.62. The highest BCUT2D eigenvalue weighted by Crippen LogP contribution is 2.34. The zero-order valence-electron chi connectivity index (χ0n) is 15.5. The average molecular weight is 379 g/mol. The van der Waals surface area contributed by atoms with Gasteiger partial charge in [-0.25, -0.2) is 9.97 Å². The number of aromatic nitrogens is 3. The fourth-order valence-corrected chi connectivity index (χ4v) is 3.45. The summed E-state index contributed by atoms with van der Waals surface area (Å²) in [5.41, 5.74) is 3.69. The Morgan fingerprint density at radius 1 is 1.43 bits per heavy atom. The van der Waals surface area contributed by atoms with Crippen LogP contribution < -0.4 is 15.4 Å². The maximum Gasteiger partial charge on any atom is 0.255 e. The summed E-state index contributed by atoms with van der Waals surface area (Å²) in [6.45, 7) is 2.59. The van der Waals surface area contributed by atoms with E-state index in [0.717, 1.165) is 31.2 Å². The summed E-state index contributed by atoms with van der Waals surface area (Å²) in [5.74, 6) is 0.717. The third kappa shape index (κ3) is 3.40. The third-order valence-corrected chi connectivity index (χ3v) is 4.83. The van der Waals surface area contributed by atoms with E-state index in [4.69, 9.17) is 4.74 Å². The number of aromatic amines is 1. The van der Waals surface area contributed by atoms with Gasteiger partial charge in [-0.1, -0.05) is 13.0 Å². The van der Waals surface area contributed by atoms with Crippen molar-refractivity contribution in [1.29, 1.82) is 0 Å². The number of carbonyl (C=O) groups excluding carboxylic acids is 2. The van der Waals surface area contributed by atoms with Crippen LogP contribution in [0.15, 0.2) is 30.6 Å². The van der Waals surface area contributed by atoms with Crippen molar-refractivity contribution in [2.75, 3.05) is 6.54 Å². The Balaban J connectivity index is 1.59. The zero-order chi connectivity index (χ0) is 19.5. The minimum Gasteiger partial charge on any atom is -0.437 e. The van der Waals surface area contributed by atoms with Crippen molar-refractivity contribution < 1.29 is 14.3 Å². The monoisotopic (exact) mass is 379 g/mol.